The fourth-order valence-electron chi connectivity index (χ4n) is 3.00. The minimum absolute atomic E-state index is 0.0214. The fraction of sp³-hybridized carbons (Fsp3) is 0.889. The van der Waals surface area contributed by atoms with Crippen molar-refractivity contribution in [3.8, 4) is 0 Å². The zero-order valence-corrected chi connectivity index (χ0v) is 16.9. The molecule has 0 aromatic heterocycles. The Hall–Kier alpha value is -1.30. The van der Waals surface area contributed by atoms with Gasteiger partial charge in [0.15, 0.2) is 6.29 Å². The Morgan fingerprint density at radius 1 is 1.18 bits per heavy atom. The lowest BCUT2D eigenvalue weighted by atomic mass is 9.97. The van der Waals surface area contributed by atoms with E-state index in [1.165, 1.54) is 6.92 Å². The fourth-order valence-corrected chi connectivity index (χ4v) is 3.00. The zero-order chi connectivity index (χ0) is 21.1. The number of ether oxygens (including phenoxy) is 2. The van der Waals surface area contributed by atoms with Crippen LogP contribution in [-0.4, -0.2) is 91.1 Å². The van der Waals surface area contributed by atoms with Crippen molar-refractivity contribution < 1.29 is 34.4 Å². The van der Waals surface area contributed by atoms with Crippen LogP contribution < -0.4 is 16.0 Å². The van der Waals surface area contributed by atoms with Crippen LogP contribution in [0.4, 0.5) is 0 Å². The van der Waals surface area contributed by atoms with Crippen LogP contribution in [0.25, 0.3) is 0 Å². The first-order valence-corrected chi connectivity index (χ1v) is 9.72. The maximum absolute atomic E-state index is 11.8. The molecule has 1 fully saturated rings. The summed E-state index contributed by atoms with van der Waals surface area (Å²) in [5.74, 6) is -0.0698. The molecule has 6 atom stereocenters. The highest BCUT2D eigenvalue weighted by Crippen LogP contribution is 2.22. The van der Waals surface area contributed by atoms with Crippen molar-refractivity contribution in [3.63, 3.8) is 0 Å². The van der Waals surface area contributed by atoms with Crippen LogP contribution in [0.1, 0.15) is 33.1 Å². The first kappa shape index (κ1) is 24.7. The molecule has 0 radical (unpaired) electrons. The molecule has 0 saturated carbocycles. The molecule has 28 heavy (non-hydrogen) atoms. The number of amides is 2. The van der Waals surface area contributed by atoms with Crippen LogP contribution >= 0.6 is 0 Å². The van der Waals surface area contributed by atoms with E-state index in [2.05, 4.69) is 16.0 Å². The number of rotatable bonds is 12. The predicted molar refractivity (Wildman–Crippen MR) is 101 cm³/mol. The van der Waals surface area contributed by atoms with Gasteiger partial charge in [0.05, 0.1) is 6.61 Å². The maximum Gasteiger partial charge on any atom is 0.220 e. The second kappa shape index (κ2) is 13.0. The number of aliphatic hydroxyl groups excluding tert-OH is 3. The summed E-state index contributed by atoms with van der Waals surface area (Å²) in [6.45, 7) is 4.53. The minimum atomic E-state index is -1.34. The Kier molecular flexibility index (Phi) is 11.5. The van der Waals surface area contributed by atoms with E-state index in [9.17, 15) is 24.9 Å². The third kappa shape index (κ3) is 8.38. The van der Waals surface area contributed by atoms with Gasteiger partial charge in [-0.05, 0) is 32.4 Å². The summed E-state index contributed by atoms with van der Waals surface area (Å²) in [7, 11) is 1.87. The van der Waals surface area contributed by atoms with Crippen molar-refractivity contribution >= 4 is 11.8 Å². The van der Waals surface area contributed by atoms with E-state index in [1.807, 2.05) is 14.0 Å². The second-order valence-electron chi connectivity index (χ2n) is 7.23. The topological polar surface area (TPSA) is 149 Å². The highest BCUT2D eigenvalue weighted by Gasteiger charge is 2.45. The number of unbranched alkanes of at least 4 members (excludes halogenated alkanes) is 1. The molecule has 0 aromatic carbocycles. The van der Waals surface area contributed by atoms with Crippen LogP contribution in [0, 0.1) is 5.92 Å². The van der Waals surface area contributed by atoms with Crippen LogP contribution in [0.3, 0.4) is 0 Å². The molecule has 164 valence electrons. The summed E-state index contributed by atoms with van der Waals surface area (Å²) in [6, 6.07) is -0.952. The molecule has 0 aromatic rings. The molecule has 0 spiro atoms. The van der Waals surface area contributed by atoms with Crippen LogP contribution in [0.2, 0.25) is 0 Å². The van der Waals surface area contributed by atoms with Gasteiger partial charge >= 0.3 is 0 Å². The van der Waals surface area contributed by atoms with Gasteiger partial charge in [0.2, 0.25) is 11.8 Å². The van der Waals surface area contributed by atoms with E-state index in [1.54, 1.807) is 0 Å². The first-order valence-electron chi connectivity index (χ1n) is 9.72. The molecular formula is C18H35N3O7. The molecule has 1 aliphatic rings. The van der Waals surface area contributed by atoms with E-state index < -0.39 is 43.2 Å². The summed E-state index contributed by atoms with van der Waals surface area (Å²) in [5, 5.41) is 37.8. The lowest BCUT2D eigenvalue weighted by Gasteiger charge is -2.42. The summed E-state index contributed by atoms with van der Waals surface area (Å²) in [4.78, 5) is 23.2. The quantitative estimate of drug-likeness (QED) is 0.206. The predicted octanol–water partition coefficient (Wildman–Crippen LogP) is -1.91. The van der Waals surface area contributed by atoms with Crippen LogP contribution in [-0.2, 0) is 19.1 Å². The smallest absolute Gasteiger partial charge is 0.220 e. The molecule has 1 heterocycles. The van der Waals surface area contributed by atoms with Gasteiger partial charge in [-0.1, -0.05) is 6.92 Å². The van der Waals surface area contributed by atoms with Crippen molar-refractivity contribution in [3.05, 3.63) is 0 Å². The minimum Gasteiger partial charge on any atom is -0.394 e. The Bertz CT molecular complexity index is 480. The Morgan fingerprint density at radius 2 is 1.89 bits per heavy atom. The van der Waals surface area contributed by atoms with Gasteiger partial charge in [-0.2, -0.15) is 0 Å². The number of carbonyl (C=O) groups excluding carboxylic acids is 2. The average molecular weight is 405 g/mol. The SMILES string of the molecule is CNCC(C)CNC(=O)CCCCOC1OC(CO)C(O)C(O)C1NC(C)=O. The lowest BCUT2D eigenvalue weighted by Crippen LogP contribution is -2.64. The lowest BCUT2D eigenvalue weighted by molar-refractivity contribution is -0.270. The zero-order valence-electron chi connectivity index (χ0n) is 16.9. The normalized spacial score (nSPS) is 28.6. The average Bonchev–Trinajstić information content (AvgIpc) is 2.65. The first-order chi connectivity index (χ1) is 13.3. The van der Waals surface area contributed by atoms with Crippen LogP contribution in [0.5, 0.6) is 0 Å². The van der Waals surface area contributed by atoms with Crippen molar-refractivity contribution in [1.29, 1.82) is 0 Å². The number of aliphatic hydroxyl groups is 3. The van der Waals surface area contributed by atoms with Gasteiger partial charge in [-0.15, -0.1) is 0 Å². The Balaban J connectivity index is 2.36. The van der Waals surface area contributed by atoms with Crippen molar-refractivity contribution in [2.24, 2.45) is 5.92 Å². The molecular weight excluding hydrogens is 370 g/mol. The van der Waals surface area contributed by atoms with E-state index in [4.69, 9.17) is 9.47 Å². The molecule has 0 aliphatic carbocycles. The summed E-state index contributed by atoms with van der Waals surface area (Å²) < 4.78 is 11.1. The highest BCUT2D eigenvalue weighted by molar-refractivity contribution is 5.75. The number of hydrogen-bond acceptors (Lipinski definition) is 8. The van der Waals surface area contributed by atoms with Crippen molar-refractivity contribution in [2.45, 2.75) is 63.8 Å². The summed E-state index contributed by atoms with van der Waals surface area (Å²) >= 11 is 0. The Labute approximate surface area is 166 Å². The largest absolute Gasteiger partial charge is 0.394 e. The summed E-state index contributed by atoms with van der Waals surface area (Å²) in [5.41, 5.74) is 0. The molecule has 6 N–H and O–H groups in total. The van der Waals surface area contributed by atoms with E-state index in [-0.39, 0.29) is 12.5 Å². The van der Waals surface area contributed by atoms with Crippen LogP contribution in [0.15, 0.2) is 0 Å². The molecule has 2 amide bonds. The molecule has 1 aliphatic heterocycles. The third-order valence-electron chi connectivity index (χ3n) is 4.53. The summed E-state index contributed by atoms with van der Waals surface area (Å²) in [6.07, 6.45) is -3.11. The van der Waals surface area contributed by atoms with Gasteiger partial charge in [-0.25, -0.2) is 0 Å². The van der Waals surface area contributed by atoms with Gasteiger partial charge in [0, 0.05) is 26.5 Å². The van der Waals surface area contributed by atoms with Gasteiger partial charge in [0.25, 0.3) is 0 Å². The third-order valence-corrected chi connectivity index (χ3v) is 4.53. The van der Waals surface area contributed by atoms with Gasteiger partial charge in [-0.3, -0.25) is 9.59 Å². The second-order valence-corrected chi connectivity index (χ2v) is 7.23. The molecule has 10 nitrogen and oxygen atoms in total. The van der Waals surface area contributed by atoms with Crippen molar-refractivity contribution in [2.75, 3.05) is 33.4 Å². The number of hydrogen-bond donors (Lipinski definition) is 6. The van der Waals surface area contributed by atoms with Crippen molar-refractivity contribution in [1.82, 2.24) is 16.0 Å². The molecule has 0 bridgehead atoms. The van der Waals surface area contributed by atoms with E-state index in [0.29, 0.717) is 31.7 Å². The van der Waals surface area contributed by atoms with E-state index >= 15 is 0 Å². The molecule has 6 unspecified atom stereocenters. The highest BCUT2D eigenvalue weighted by atomic mass is 16.7. The Morgan fingerprint density at radius 3 is 2.50 bits per heavy atom. The van der Waals surface area contributed by atoms with Gasteiger partial charge < -0.3 is 40.7 Å². The monoisotopic (exact) mass is 405 g/mol. The molecule has 10 heteroatoms. The van der Waals surface area contributed by atoms with Gasteiger partial charge in [0.1, 0.15) is 24.4 Å². The molecule has 1 rings (SSSR count). The molecule has 1 saturated heterocycles. The maximum atomic E-state index is 11.8. The standard InChI is InChI=1S/C18H35N3O7/c1-11(8-19-3)9-20-14(24)6-4-5-7-27-18-15(21-12(2)23)17(26)16(25)13(10-22)28-18/h11,13,15-19,22,25-26H,4-10H2,1-3H3,(H,20,24)(H,21,23). The number of carbonyl (C=O) groups is 2. The van der Waals surface area contributed by atoms with E-state index in [0.717, 1.165) is 6.54 Å². The number of nitrogens with one attached hydrogen (secondary N) is 3.